The highest BCUT2D eigenvalue weighted by molar-refractivity contribution is 5.84. The topological polar surface area (TPSA) is 623 Å². The number of nitrogens with one attached hydrogen (secondary N) is 2. The highest BCUT2D eigenvalue weighted by Crippen LogP contribution is 2.35. The van der Waals surface area contributed by atoms with Crippen molar-refractivity contribution in [2.24, 2.45) is 17.6 Å². The van der Waals surface area contributed by atoms with Gasteiger partial charge in [0.25, 0.3) is 0 Å². The maximum absolute atomic E-state index is 12.5. The predicted molar refractivity (Wildman–Crippen MR) is 365 cm³/mol. The third-order valence-electron chi connectivity index (χ3n) is 21.3. The summed E-state index contributed by atoms with van der Waals surface area (Å²) in [6, 6.07) is -0.338. The first-order valence-corrected chi connectivity index (χ1v) is 37.8. The summed E-state index contributed by atoms with van der Waals surface area (Å²) >= 11 is 0. The van der Waals surface area contributed by atoms with E-state index in [0.717, 1.165) is 90.4 Å². The number of hydrogen-bond donors (Lipinski definition) is 23. The molecule has 0 unspecified atom stereocenters. The average molecular weight is 1570 g/mol. The molecular formula is C68H123N5O35. The second-order valence-corrected chi connectivity index (χ2v) is 29.1. The molecular weight excluding hydrogens is 1450 g/mol. The molecule has 108 heavy (non-hydrogen) atoms. The van der Waals surface area contributed by atoms with Gasteiger partial charge in [0.15, 0.2) is 37.7 Å². The summed E-state index contributed by atoms with van der Waals surface area (Å²) in [6.45, 7) is 4.97. The van der Waals surface area contributed by atoms with Crippen molar-refractivity contribution in [1.29, 1.82) is 0 Å². The molecule has 31 atom stereocenters. The smallest absolute Gasteiger partial charge is 0.219 e. The summed E-state index contributed by atoms with van der Waals surface area (Å²) in [7, 11) is 0. The summed E-state index contributed by atoms with van der Waals surface area (Å²) in [5, 5.41) is 212. The largest absolute Gasteiger partial charge is 0.394 e. The van der Waals surface area contributed by atoms with Gasteiger partial charge in [-0.05, 0) is 123 Å². The maximum Gasteiger partial charge on any atom is 0.219 e. The zero-order chi connectivity index (χ0) is 79.1. The van der Waals surface area contributed by atoms with Gasteiger partial charge < -0.3 is 185 Å². The first-order valence-electron chi connectivity index (χ1n) is 37.8. The Morgan fingerprint density at radius 1 is 0.435 bits per heavy atom. The molecule has 0 spiro atoms. The molecule has 0 aromatic carbocycles. The number of rotatable bonds is 39. The minimum absolute atomic E-state index is 0.0113. The second-order valence-electron chi connectivity index (χ2n) is 29.1. The first-order chi connectivity index (χ1) is 51.6. The molecule has 0 bridgehead atoms. The van der Waals surface area contributed by atoms with E-state index in [0.29, 0.717) is 57.3 Å². The predicted octanol–water partition coefficient (Wildman–Crippen LogP) is -11.0. The lowest BCUT2D eigenvalue weighted by molar-refractivity contribution is -0.366. The molecule has 8 aliphatic heterocycles. The number of carbonyl (C=O) groups is 3. The van der Waals surface area contributed by atoms with E-state index in [1.165, 1.54) is 6.92 Å². The van der Waals surface area contributed by atoms with Gasteiger partial charge >= 0.3 is 0 Å². The van der Waals surface area contributed by atoms with Gasteiger partial charge in [-0.15, -0.1) is 0 Å². The van der Waals surface area contributed by atoms with Crippen LogP contribution in [0.3, 0.4) is 0 Å². The van der Waals surface area contributed by atoms with Crippen LogP contribution in [0.15, 0.2) is 0 Å². The molecule has 0 aliphatic carbocycles. The number of Topliss-reactive ketones (excluding diaryl/α,β-unsaturated/α-hetero) is 2. The average Bonchev–Trinajstić information content (AvgIpc) is 0.780. The van der Waals surface area contributed by atoms with E-state index in [2.05, 4.69) is 20.4 Å². The fraction of sp³-hybridized carbons (Fsp3) is 0.956. The highest BCUT2D eigenvalue weighted by Gasteiger charge is 2.55. The monoisotopic (exact) mass is 1570 g/mol. The lowest BCUT2D eigenvalue weighted by Crippen LogP contribution is -2.65. The number of ketones is 2. The fourth-order valence-corrected chi connectivity index (χ4v) is 14.4. The van der Waals surface area contributed by atoms with Gasteiger partial charge in [0, 0.05) is 32.5 Å². The molecule has 40 heteroatoms. The molecule has 630 valence electrons. The fourth-order valence-electron chi connectivity index (χ4n) is 14.4. The van der Waals surface area contributed by atoms with Crippen LogP contribution in [0, 0.1) is 11.8 Å². The van der Waals surface area contributed by atoms with Crippen molar-refractivity contribution < 1.29 is 173 Å². The molecule has 8 rings (SSSR count). The van der Waals surface area contributed by atoms with E-state index in [1.54, 1.807) is 0 Å². The third-order valence-corrected chi connectivity index (χ3v) is 21.3. The zero-order valence-electron chi connectivity index (χ0n) is 61.3. The Balaban J connectivity index is 0.000000304. The van der Waals surface area contributed by atoms with E-state index >= 15 is 0 Å². The van der Waals surface area contributed by atoms with E-state index in [-0.39, 0.29) is 43.3 Å². The van der Waals surface area contributed by atoms with Gasteiger partial charge in [-0.25, -0.2) is 0 Å². The van der Waals surface area contributed by atoms with Crippen LogP contribution in [0.25, 0.3) is 0 Å². The van der Waals surface area contributed by atoms with Crippen LogP contribution in [-0.4, -0.2) is 431 Å². The number of nitrogens with two attached hydrogens (primary N) is 1. The number of unbranched alkanes of at least 4 members (excludes halogenated alkanes) is 1. The number of amides is 1. The zero-order valence-corrected chi connectivity index (χ0v) is 61.3. The summed E-state index contributed by atoms with van der Waals surface area (Å²) in [5.74, 6) is 1.09. The summed E-state index contributed by atoms with van der Waals surface area (Å²) in [6.07, 6.45) is -37.9. The van der Waals surface area contributed by atoms with Crippen LogP contribution in [0.5, 0.6) is 0 Å². The van der Waals surface area contributed by atoms with E-state index in [9.17, 15) is 117 Å². The number of aliphatic hydroxyl groups excluding tert-OH is 20. The summed E-state index contributed by atoms with van der Waals surface area (Å²) in [4.78, 5) is 40.5. The van der Waals surface area contributed by atoms with Crippen molar-refractivity contribution >= 4 is 17.5 Å². The van der Waals surface area contributed by atoms with E-state index in [4.69, 9.17) is 62.6 Å². The molecule has 24 N–H and O–H groups in total. The van der Waals surface area contributed by atoms with Crippen molar-refractivity contribution in [3.05, 3.63) is 0 Å². The quantitative estimate of drug-likeness (QED) is 0.0254. The van der Waals surface area contributed by atoms with Crippen molar-refractivity contribution in [2.45, 2.75) is 288 Å². The van der Waals surface area contributed by atoms with Gasteiger partial charge in [-0.3, -0.25) is 14.4 Å². The number of likely N-dealkylation sites (tertiary alicyclic amines) is 2. The molecule has 0 saturated carbocycles. The Kier molecular flexibility index (Phi) is 39.6. The van der Waals surface area contributed by atoms with Crippen molar-refractivity contribution in [2.75, 3.05) is 112 Å². The standard InChI is InChI=1S/C37H67N3O18.C31H56N2O17/c1-19(43)22(7-2-3-10-38)39-15-21(44)6-4-5-20-8-11-40(12-9-20)13-14-53-36-33(52)34(58-37-32(51)30(49)27(46)24(17-42)56-37)28(47)25(57-36)18-54-35-31(50)29(48)26(45)23(16-41)55-35;1-2-32-19(36)5-3-4-15-6-8-33(9-7-15)10-11-45-30-27(44)28(50-31-26(43)24(41)21(38)17(13-35)48-31)22(39)18(49-30)14-46-29-25(42)23(40)20(37)16(12-34)47-29/h20,22-37,39,41-42,45-52H,2-18,38H2,1H3;15-18,20-31,34-35,37-44H,2-14H2,1H3,(H,32,36)/t22-,23+,24+,25+,26+,27+,28+,29-,30-,31-,32-,33-,34-,35-,36+,37+;16-,17-,18-,20-,21-,22-,23+,24+,25+,26+,27+,28+,29+,30-,31-/m01/s1. The SMILES string of the molecule is CC(=O)[C@H](CCCCN)NCC(=O)CCCC1CCN(CCO[C@@H]2O[C@H](CO[C@H]3O[C@H](CO)[C@@H](O)[C@H](O)[C@@H]3O)[C@@H](O)[C@H](O[C@H]3O[C@H](CO)[C@@H](O)[C@H](O)[C@@H]3O)[C@@H]2O)CC1.CCNC(=O)CCCC1CCN(CCO[C@@H]2O[C@H](CO[C@H]3O[C@H](CO)[C@@H](O)[C@H](O)[C@@H]3O)[C@@H](O)[C@H](O[C@H]3O[C@H](CO)[C@@H](O)[C@H](O)[C@@H]3O)[C@@H]2O)CC1. The van der Waals surface area contributed by atoms with Crippen LogP contribution < -0.4 is 16.4 Å². The van der Waals surface area contributed by atoms with Gasteiger partial charge in [0.2, 0.25) is 5.91 Å². The van der Waals surface area contributed by atoms with Crippen molar-refractivity contribution in [3.8, 4) is 0 Å². The first kappa shape index (κ1) is 92.5. The van der Waals surface area contributed by atoms with Gasteiger partial charge in [-0.1, -0.05) is 6.42 Å². The molecule has 8 heterocycles. The Hall–Kier alpha value is -2.63. The molecule has 1 amide bonds. The second kappa shape index (κ2) is 46.2. The molecule has 8 aliphatic rings. The minimum Gasteiger partial charge on any atom is -0.394 e. The molecule has 0 radical (unpaired) electrons. The van der Waals surface area contributed by atoms with Crippen LogP contribution in [0.4, 0.5) is 0 Å². The Labute approximate surface area is 626 Å². The normalized spacial score (nSPS) is 40.1. The number of carbonyl (C=O) groups excluding carboxylic acids is 3. The minimum atomic E-state index is -1.86. The molecule has 0 aromatic rings. The number of hydrogen-bond acceptors (Lipinski definition) is 39. The van der Waals surface area contributed by atoms with Crippen molar-refractivity contribution in [3.63, 3.8) is 0 Å². The Morgan fingerprint density at radius 3 is 1.15 bits per heavy atom. The van der Waals surface area contributed by atoms with Gasteiger partial charge in [-0.2, -0.15) is 0 Å². The van der Waals surface area contributed by atoms with Crippen LogP contribution in [-0.2, 0) is 71.2 Å². The van der Waals surface area contributed by atoms with Crippen LogP contribution in [0.1, 0.15) is 97.3 Å². The van der Waals surface area contributed by atoms with Crippen LogP contribution >= 0.6 is 0 Å². The number of ether oxygens (including phenoxy) is 12. The molecule has 0 aromatic heterocycles. The lowest BCUT2D eigenvalue weighted by Gasteiger charge is -2.46. The Morgan fingerprint density at radius 2 is 0.787 bits per heavy atom. The van der Waals surface area contributed by atoms with E-state index < -0.39 is 224 Å². The molecule has 8 saturated heterocycles. The third kappa shape index (κ3) is 25.9. The lowest BCUT2D eigenvalue weighted by atomic mass is 9.91. The molecule has 8 fully saturated rings. The highest BCUT2D eigenvalue weighted by atomic mass is 16.8. The Bertz CT molecular complexity index is 2550. The van der Waals surface area contributed by atoms with Crippen LogP contribution in [0.2, 0.25) is 0 Å². The number of aliphatic hydroxyl groups is 20. The van der Waals surface area contributed by atoms with Gasteiger partial charge in [0.05, 0.1) is 65.4 Å². The van der Waals surface area contributed by atoms with Gasteiger partial charge in [0.1, 0.15) is 158 Å². The molecule has 40 nitrogen and oxygen atoms in total. The van der Waals surface area contributed by atoms with E-state index in [1.807, 2.05) is 6.92 Å². The number of nitrogens with zero attached hydrogens (tertiary/aromatic N) is 2. The van der Waals surface area contributed by atoms with Crippen molar-refractivity contribution in [1.82, 2.24) is 20.4 Å². The maximum atomic E-state index is 12.5. The number of piperidine rings is 2. The summed E-state index contributed by atoms with van der Waals surface area (Å²) < 4.78 is 67.8. The summed E-state index contributed by atoms with van der Waals surface area (Å²) in [5.41, 5.74) is 5.54.